The normalized spacial score (nSPS) is 11.1. The molecule has 0 atom stereocenters. The van der Waals surface area contributed by atoms with Crippen molar-refractivity contribution in [3.63, 3.8) is 0 Å². The summed E-state index contributed by atoms with van der Waals surface area (Å²) in [5.41, 5.74) is -0.422. The Bertz CT molecular complexity index is 152. The second-order valence-electron chi connectivity index (χ2n) is 3.78. The molecule has 0 aliphatic carbocycles. The minimum Gasteiger partial charge on any atom is -0.444 e. The van der Waals surface area contributed by atoms with Crippen molar-refractivity contribution in [1.82, 2.24) is 10.6 Å². The van der Waals surface area contributed by atoms with Gasteiger partial charge >= 0.3 is 6.09 Å². The van der Waals surface area contributed by atoms with Crippen LogP contribution < -0.4 is 10.6 Å². The molecule has 77 valence electrons. The first-order valence-electron chi connectivity index (χ1n) is 4.42. The summed E-state index contributed by atoms with van der Waals surface area (Å²) in [6, 6.07) is 0. The second-order valence-corrected chi connectivity index (χ2v) is 3.78. The van der Waals surface area contributed by atoms with Crippen molar-refractivity contribution in [2.45, 2.75) is 32.8 Å². The van der Waals surface area contributed by atoms with Crippen LogP contribution in [0.15, 0.2) is 0 Å². The molecule has 4 heteroatoms. The van der Waals surface area contributed by atoms with Gasteiger partial charge in [0.15, 0.2) is 0 Å². The van der Waals surface area contributed by atoms with Crippen LogP contribution in [0.1, 0.15) is 27.2 Å². The molecule has 0 bridgehead atoms. The number of ether oxygens (including phenoxy) is 1. The van der Waals surface area contributed by atoms with Gasteiger partial charge in [-0.25, -0.2) is 4.79 Å². The van der Waals surface area contributed by atoms with Gasteiger partial charge in [0.25, 0.3) is 0 Å². The lowest BCUT2D eigenvalue weighted by molar-refractivity contribution is 0.0527. The van der Waals surface area contributed by atoms with Crippen molar-refractivity contribution in [1.29, 1.82) is 0 Å². The van der Waals surface area contributed by atoms with Crippen LogP contribution in [0, 0.1) is 7.05 Å². The van der Waals surface area contributed by atoms with Crippen LogP contribution >= 0.6 is 0 Å². The Balaban J connectivity index is 3.41. The number of nitrogens with one attached hydrogen (secondary N) is 2. The largest absolute Gasteiger partial charge is 0.444 e. The predicted molar refractivity (Wildman–Crippen MR) is 52.2 cm³/mol. The molecule has 0 saturated carbocycles. The third-order valence-electron chi connectivity index (χ3n) is 1.20. The summed E-state index contributed by atoms with van der Waals surface area (Å²) in [4.78, 5) is 11.1. The summed E-state index contributed by atoms with van der Waals surface area (Å²) in [6.07, 6.45) is 0.486. The van der Waals surface area contributed by atoms with Gasteiger partial charge in [-0.05, 0) is 33.7 Å². The highest BCUT2D eigenvalue weighted by molar-refractivity contribution is 5.67. The third kappa shape index (κ3) is 9.14. The van der Waals surface area contributed by atoms with E-state index in [4.69, 9.17) is 4.74 Å². The summed E-state index contributed by atoms with van der Waals surface area (Å²) >= 11 is 0. The summed E-state index contributed by atoms with van der Waals surface area (Å²) in [7, 11) is 3.47. The van der Waals surface area contributed by atoms with Crippen molar-refractivity contribution in [3.8, 4) is 0 Å². The zero-order chi connectivity index (χ0) is 10.3. The lowest BCUT2D eigenvalue weighted by Gasteiger charge is -2.19. The molecule has 1 radical (unpaired) electrons. The maximum absolute atomic E-state index is 11.1. The van der Waals surface area contributed by atoms with Gasteiger partial charge in [-0.15, -0.1) is 0 Å². The average molecular weight is 187 g/mol. The Morgan fingerprint density at radius 1 is 1.38 bits per heavy atom. The van der Waals surface area contributed by atoms with Gasteiger partial charge in [-0.1, -0.05) is 0 Å². The van der Waals surface area contributed by atoms with E-state index in [2.05, 4.69) is 17.7 Å². The second kappa shape index (κ2) is 5.80. The van der Waals surface area contributed by atoms with E-state index >= 15 is 0 Å². The van der Waals surface area contributed by atoms with Crippen LogP contribution in [0.4, 0.5) is 4.79 Å². The number of rotatable bonds is 4. The van der Waals surface area contributed by atoms with E-state index in [0.717, 1.165) is 13.0 Å². The molecule has 0 aromatic heterocycles. The Morgan fingerprint density at radius 3 is 2.46 bits per heavy atom. The van der Waals surface area contributed by atoms with Crippen LogP contribution in [0.5, 0.6) is 0 Å². The van der Waals surface area contributed by atoms with Crippen LogP contribution in [0.3, 0.4) is 0 Å². The molecular weight excluding hydrogens is 168 g/mol. The lowest BCUT2D eigenvalue weighted by atomic mass is 10.2. The van der Waals surface area contributed by atoms with E-state index in [1.165, 1.54) is 0 Å². The Morgan fingerprint density at radius 2 is 2.00 bits per heavy atom. The topological polar surface area (TPSA) is 50.4 Å². The molecule has 2 N–H and O–H groups in total. The van der Waals surface area contributed by atoms with Gasteiger partial charge in [-0.3, -0.25) is 0 Å². The number of amides is 1. The minimum atomic E-state index is -0.422. The maximum atomic E-state index is 11.1. The molecule has 0 spiro atoms. The molecule has 0 aromatic carbocycles. The Labute approximate surface area is 80.0 Å². The van der Waals surface area contributed by atoms with Crippen LogP contribution in [0.25, 0.3) is 0 Å². The summed E-state index contributed by atoms with van der Waals surface area (Å²) in [5.74, 6) is 0. The molecule has 0 aliphatic rings. The van der Waals surface area contributed by atoms with Crippen LogP contribution in [0.2, 0.25) is 0 Å². The monoisotopic (exact) mass is 187 g/mol. The molecule has 4 nitrogen and oxygen atoms in total. The van der Waals surface area contributed by atoms with Gasteiger partial charge in [0.2, 0.25) is 0 Å². The molecular formula is C9H19N2O2. The van der Waals surface area contributed by atoms with Crippen molar-refractivity contribution in [3.05, 3.63) is 7.05 Å². The molecule has 0 aromatic rings. The predicted octanol–water partition coefficient (Wildman–Crippen LogP) is 1.28. The van der Waals surface area contributed by atoms with Crippen molar-refractivity contribution in [2.24, 2.45) is 0 Å². The zero-order valence-electron chi connectivity index (χ0n) is 8.64. The highest BCUT2D eigenvalue weighted by Crippen LogP contribution is 2.05. The van der Waals surface area contributed by atoms with Crippen LogP contribution in [-0.4, -0.2) is 24.8 Å². The van der Waals surface area contributed by atoms with Gasteiger partial charge in [0.1, 0.15) is 5.60 Å². The number of hydrogen-bond acceptors (Lipinski definition) is 3. The Kier molecular flexibility index (Phi) is 5.46. The molecule has 0 heterocycles. The number of carbonyl (C=O) groups is 1. The minimum absolute atomic E-state index is 0.364. The van der Waals surface area contributed by atoms with E-state index in [0.29, 0.717) is 6.54 Å². The van der Waals surface area contributed by atoms with Crippen molar-refractivity contribution < 1.29 is 9.53 Å². The third-order valence-corrected chi connectivity index (χ3v) is 1.20. The maximum Gasteiger partial charge on any atom is 0.407 e. The van der Waals surface area contributed by atoms with E-state index in [9.17, 15) is 4.79 Å². The van der Waals surface area contributed by atoms with Gasteiger partial charge in [0.05, 0.1) is 0 Å². The fourth-order valence-corrected chi connectivity index (χ4v) is 0.718. The molecule has 0 fully saturated rings. The van der Waals surface area contributed by atoms with Gasteiger partial charge in [0, 0.05) is 13.6 Å². The quantitative estimate of drug-likeness (QED) is 0.652. The molecule has 0 saturated heterocycles. The SMILES string of the molecule is [CH2]NCCCNC(=O)OC(C)(C)C. The van der Waals surface area contributed by atoms with Gasteiger partial charge in [-0.2, -0.15) is 0 Å². The molecule has 0 aliphatic heterocycles. The fraction of sp³-hybridized carbons (Fsp3) is 0.778. The Hall–Kier alpha value is -0.770. The van der Waals surface area contributed by atoms with E-state index in [1.54, 1.807) is 0 Å². The number of hydrogen-bond donors (Lipinski definition) is 2. The standard InChI is InChI=1S/C9H19N2O2/c1-9(2,3)13-8(12)11-7-5-6-10-4/h10H,4-7H2,1-3H3,(H,11,12). The molecule has 0 unspecified atom stereocenters. The van der Waals surface area contributed by atoms with E-state index in [1.807, 2.05) is 20.8 Å². The lowest BCUT2D eigenvalue weighted by Crippen LogP contribution is -2.33. The summed E-state index contributed by atoms with van der Waals surface area (Å²) in [5, 5.41) is 5.39. The van der Waals surface area contributed by atoms with Crippen molar-refractivity contribution >= 4 is 6.09 Å². The smallest absolute Gasteiger partial charge is 0.407 e. The first-order valence-corrected chi connectivity index (χ1v) is 4.42. The highest BCUT2D eigenvalue weighted by Gasteiger charge is 2.15. The average Bonchev–Trinajstić information content (AvgIpc) is 1.94. The number of carbonyl (C=O) groups excluding carboxylic acids is 1. The number of alkyl carbamates (subject to hydrolysis) is 1. The molecule has 1 amide bonds. The summed E-state index contributed by atoms with van der Waals surface area (Å²) < 4.78 is 5.03. The van der Waals surface area contributed by atoms with Crippen molar-refractivity contribution in [2.75, 3.05) is 13.1 Å². The van der Waals surface area contributed by atoms with Crippen LogP contribution in [-0.2, 0) is 4.74 Å². The van der Waals surface area contributed by atoms with E-state index < -0.39 is 5.60 Å². The summed E-state index contributed by atoms with van der Waals surface area (Å²) in [6.45, 7) is 6.91. The van der Waals surface area contributed by atoms with E-state index in [-0.39, 0.29) is 6.09 Å². The highest BCUT2D eigenvalue weighted by atomic mass is 16.6. The zero-order valence-corrected chi connectivity index (χ0v) is 8.64. The fourth-order valence-electron chi connectivity index (χ4n) is 0.718. The first-order chi connectivity index (χ1) is 5.95. The van der Waals surface area contributed by atoms with Gasteiger partial charge < -0.3 is 15.4 Å². The molecule has 13 heavy (non-hydrogen) atoms. The molecule has 0 rings (SSSR count). The first kappa shape index (κ1) is 12.2.